The fourth-order valence-corrected chi connectivity index (χ4v) is 3.49. The Bertz CT molecular complexity index is 871. The molecule has 27 heavy (non-hydrogen) atoms. The lowest BCUT2D eigenvalue weighted by Crippen LogP contribution is -2.35. The Morgan fingerprint density at radius 1 is 0.963 bits per heavy atom. The first kappa shape index (κ1) is 21.1. The molecule has 0 bridgehead atoms. The van der Waals surface area contributed by atoms with Gasteiger partial charge in [0, 0.05) is 13.1 Å². The lowest BCUT2D eigenvalue weighted by molar-refractivity contribution is -0.120. The Kier molecular flexibility index (Phi) is 6.73. The van der Waals surface area contributed by atoms with Gasteiger partial charge in [-0.1, -0.05) is 45.0 Å². The molecule has 0 heterocycles. The van der Waals surface area contributed by atoms with E-state index in [9.17, 15) is 17.6 Å². The molecule has 146 valence electrons. The van der Waals surface area contributed by atoms with E-state index in [0.29, 0.717) is 5.56 Å². The summed E-state index contributed by atoms with van der Waals surface area (Å²) in [6, 6.07) is 12.4. The molecule has 2 aromatic rings. The fourth-order valence-electron chi connectivity index (χ4n) is 2.45. The van der Waals surface area contributed by atoms with Gasteiger partial charge in [0.1, 0.15) is 5.82 Å². The molecule has 0 aliphatic heterocycles. The first-order chi connectivity index (χ1) is 12.6. The number of benzene rings is 2. The highest BCUT2D eigenvalue weighted by Gasteiger charge is 2.17. The van der Waals surface area contributed by atoms with Crippen LogP contribution in [-0.2, 0) is 26.7 Å². The number of hydrogen-bond donors (Lipinski definition) is 2. The van der Waals surface area contributed by atoms with Crippen LogP contribution in [0.5, 0.6) is 0 Å². The molecule has 0 radical (unpaired) electrons. The molecule has 0 aliphatic rings. The van der Waals surface area contributed by atoms with Crippen LogP contribution in [0.1, 0.15) is 31.9 Å². The standard InChI is InChI=1S/C20H25FN2O3S/c1-20(2,3)16-6-10-18(11-7-16)27(25,26)23-13-12-22-19(24)14-15-4-8-17(21)9-5-15/h4-11,23H,12-14H2,1-3H3,(H,22,24). The Hall–Kier alpha value is -2.25. The van der Waals surface area contributed by atoms with Crippen LogP contribution in [0.25, 0.3) is 0 Å². The molecule has 1 amide bonds. The zero-order valence-corrected chi connectivity index (χ0v) is 16.6. The smallest absolute Gasteiger partial charge is 0.240 e. The number of rotatable bonds is 7. The largest absolute Gasteiger partial charge is 0.355 e. The van der Waals surface area contributed by atoms with Gasteiger partial charge in [-0.3, -0.25) is 4.79 Å². The third kappa shape index (κ3) is 6.45. The molecule has 0 unspecified atom stereocenters. The molecule has 2 rings (SSSR count). The third-order valence-corrected chi connectivity index (χ3v) is 5.52. The molecule has 5 nitrogen and oxygen atoms in total. The first-order valence-electron chi connectivity index (χ1n) is 8.69. The van der Waals surface area contributed by atoms with Crippen molar-refractivity contribution in [1.29, 1.82) is 0 Å². The molecule has 0 fully saturated rings. The van der Waals surface area contributed by atoms with Crippen molar-refractivity contribution >= 4 is 15.9 Å². The van der Waals surface area contributed by atoms with E-state index < -0.39 is 10.0 Å². The first-order valence-corrected chi connectivity index (χ1v) is 10.2. The number of nitrogens with one attached hydrogen (secondary N) is 2. The summed E-state index contributed by atoms with van der Waals surface area (Å²) in [6.45, 7) is 6.42. The van der Waals surface area contributed by atoms with Gasteiger partial charge in [0.05, 0.1) is 11.3 Å². The van der Waals surface area contributed by atoms with Crippen LogP contribution in [0.4, 0.5) is 4.39 Å². The topological polar surface area (TPSA) is 75.3 Å². The van der Waals surface area contributed by atoms with Crippen molar-refractivity contribution in [2.24, 2.45) is 0 Å². The molecular weight excluding hydrogens is 367 g/mol. The maximum absolute atomic E-state index is 12.8. The van der Waals surface area contributed by atoms with E-state index in [2.05, 4.69) is 30.8 Å². The van der Waals surface area contributed by atoms with Crippen molar-refractivity contribution < 1.29 is 17.6 Å². The Labute approximate surface area is 160 Å². The van der Waals surface area contributed by atoms with E-state index in [1.54, 1.807) is 36.4 Å². The SMILES string of the molecule is CC(C)(C)c1ccc(S(=O)(=O)NCCNC(=O)Cc2ccc(F)cc2)cc1. The molecule has 0 aliphatic carbocycles. The summed E-state index contributed by atoms with van der Waals surface area (Å²) < 4.78 is 39.9. The Balaban J connectivity index is 1.81. The minimum Gasteiger partial charge on any atom is -0.355 e. The molecule has 2 N–H and O–H groups in total. The zero-order valence-electron chi connectivity index (χ0n) is 15.8. The van der Waals surface area contributed by atoms with Gasteiger partial charge in [0.15, 0.2) is 0 Å². The van der Waals surface area contributed by atoms with E-state index in [-0.39, 0.29) is 41.5 Å². The molecule has 0 saturated carbocycles. The van der Waals surface area contributed by atoms with E-state index in [4.69, 9.17) is 0 Å². The van der Waals surface area contributed by atoms with Crippen molar-refractivity contribution in [2.75, 3.05) is 13.1 Å². The summed E-state index contributed by atoms with van der Waals surface area (Å²) in [6.07, 6.45) is 0.112. The normalized spacial score (nSPS) is 12.0. The summed E-state index contributed by atoms with van der Waals surface area (Å²) in [5, 5.41) is 2.64. The van der Waals surface area contributed by atoms with Crippen LogP contribution >= 0.6 is 0 Å². The predicted molar refractivity (Wildman–Crippen MR) is 103 cm³/mol. The summed E-state index contributed by atoms with van der Waals surface area (Å²) >= 11 is 0. The van der Waals surface area contributed by atoms with E-state index in [1.807, 2.05) is 0 Å². The van der Waals surface area contributed by atoms with Crippen LogP contribution in [0, 0.1) is 5.82 Å². The van der Waals surface area contributed by atoms with Gasteiger partial charge in [-0.2, -0.15) is 0 Å². The van der Waals surface area contributed by atoms with Gasteiger partial charge in [0.25, 0.3) is 0 Å². The summed E-state index contributed by atoms with van der Waals surface area (Å²) in [5.41, 5.74) is 1.69. The molecule has 7 heteroatoms. The average Bonchev–Trinajstić information content (AvgIpc) is 2.60. The summed E-state index contributed by atoms with van der Waals surface area (Å²) in [4.78, 5) is 12.0. The van der Waals surface area contributed by atoms with Gasteiger partial charge < -0.3 is 5.32 Å². The molecule has 0 aromatic heterocycles. The lowest BCUT2D eigenvalue weighted by atomic mass is 9.87. The van der Waals surface area contributed by atoms with Crippen molar-refractivity contribution in [3.05, 3.63) is 65.5 Å². The average molecular weight is 392 g/mol. The number of amides is 1. The Morgan fingerprint density at radius 3 is 2.11 bits per heavy atom. The summed E-state index contributed by atoms with van der Waals surface area (Å²) in [5.74, 6) is -0.612. The van der Waals surface area contributed by atoms with E-state index in [1.165, 1.54) is 12.1 Å². The van der Waals surface area contributed by atoms with Crippen molar-refractivity contribution in [2.45, 2.75) is 37.5 Å². The van der Waals surface area contributed by atoms with Crippen LogP contribution in [0.3, 0.4) is 0 Å². The quantitative estimate of drug-likeness (QED) is 0.712. The van der Waals surface area contributed by atoms with Crippen molar-refractivity contribution in [3.8, 4) is 0 Å². The second-order valence-corrected chi connectivity index (χ2v) is 9.09. The molecule has 0 atom stereocenters. The minimum absolute atomic E-state index is 0.0511. The fraction of sp³-hybridized carbons (Fsp3) is 0.350. The Morgan fingerprint density at radius 2 is 1.56 bits per heavy atom. The number of carbonyl (C=O) groups excluding carboxylic acids is 1. The third-order valence-electron chi connectivity index (χ3n) is 4.05. The van der Waals surface area contributed by atoms with Crippen LogP contribution < -0.4 is 10.0 Å². The van der Waals surface area contributed by atoms with Gasteiger partial charge in [-0.05, 0) is 40.8 Å². The zero-order chi connectivity index (χ0) is 20.1. The maximum Gasteiger partial charge on any atom is 0.240 e. The highest BCUT2D eigenvalue weighted by atomic mass is 32.2. The van der Waals surface area contributed by atoms with E-state index >= 15 is 0 Å². The van der Waals surface area contributed by atoms with Crippen molar-refractivity contribution in [3.63, 3.8) is 0 Å². The number of carbonyl (C=O) groups is 1. The number of sulfonamides is 1. The number of halogens is 1. The van der Waals surface area contributed by atoms with Gasteiger partial charge >= 0.3 is 0 Å². The van der Waals surface area contributed by atoms with Gasteiger partial charge in [-0.25, -0.2) is 17.5 Å². The highest BCUT2D eigenvalue weighted by molar-refractivity contribution is 7.89. The van der Waals surface area contributed by atoms with E-state index in [0.717, 1.165) is 5.56 Å². The number of hydrogen-bond acceptors (Lipinski definition) is 3. The molecule has 0 spiro atoms. The minimum atomic E-state index is -3.63. The molecular formula is C20H25FN2O3S. The molecule has 2 aromatic carbocycles. The molecule has 0 saturated heterocycles. The predicted octanol–water partition coefficient (Wildman–Crippen LogP) is 2.76. The van der Waals surface area contributed by atoms with Crippen LogP contribution in [0.15, 0.2) is 53.4 Å². The maximum atomic E-state index is 12.8. The van der Waals surface area contributed by atoms with Crippen LogP contribution in [0.2, 0.25) is 0 Å². The summed E-state index contributed by atoms with van der Waals surface area (Å²) in [7, 11) is -3.63. The monoisotopic (exact) mass is 392 g/mol. The highest BCUT2D eigenvalue weighted by Crippen LogP contribution is 2.23. The second kappa shape index (κ2) is 8.63. The second-order valence-electron chi connectivity index (χ2n) is 7.33. The lowest BCUT2D eigenvalue weighted by Gasteiger charge is -2.19. The van der Waals surface area contributed by atoms with Gasteiger partial charge in [0.2, 0.25) is 15.9 Å². The van der Waals surface area contributed by atoms with Gasteiger partial charge in [-0.15, -0.1) is 0 Å². The van der Waals surface area contributed by atoms with Crippen molar-refractivity contribution in [1.82, 2.24) is 10.0 Å². The van der Waals surface area contributed by atoms with Crippen LogP contribution in [-0.4, -0.2) is 27.4 Å².